The van der Waals surface area contributed by atoms with Gasteiger partial charge >= 0.3 is 18.2 Å². The van der Waals surface area contributed by atoms with Gasteiger partial charge in [-0.1, -0.05) is 52.3 Å². The normalized spacial score (nSPS) is 11.7. The highest BCUT2D eigenvalue weighted by molar-refractivity contribution is 9.10. The van der Waals surface area contributed by atoms with Crippen molar-refractivity contribution in [1.82, 2.24) is 9.88 Å². The molecule has 0 aliphatic heterocycles. The Morgan fingerprint density at radius 3 is 2.44 bits per heavy atom. The molecule has 3 rings (SSSR count). The number of methoxy groups -OCH3 is 1. The van der Waals surface area contributed by atoms with E-state index in [2.05, 4.69) is 21.2 Å². The summed E-state index contributed by atoms with van der Waals surface area (Å²) in [7, 11) is 1.20. The molecule has 0 atom stereocenters. The van der Waals surface area contributed by atoms with E-state index in [-0.39, 0.29) is 12.3 Å². The van der Waals surface area contributed by atoms with Crippen LogP contribution < -0.4 is 5.32 Å². The second kappa shape index (κ2) is 10.6. The first-order chi connectivity index (χ1) is 16.1. The highest BCUT2D eigenvalue weighted by Crippen LogP contribution is 2.27. The van der Waals surface area contributed by atoms with Gasteiger partial charge in [-0.05, 0) is 44.5 Å². The Bertz CT molecular complexity index is 1240. The van der Waals surface area contributed by atoms with Crippen LogP contribution in [-0.4, -0.2) is 35.4 Å². The maximum atomic E-state index is 12.9. The summed E-state index contributed by atoms with van der Waals surface area (Å²) >= 11 is 3.42. The molecule has 0 aliphatic rings. The number of hydrogen-bond acceptors (Lipinski definition) is 6. The number of nitrogens with one attached hydrogen (secondary N) is 1. The average molecular weight is 529 g/mol. The Morgan fingerprint density at radius 1 is 1.09 bits per heavy atom. The number of fused-ring (bicyclic) bond motifs is 1. The van der Waals surface area contributed by atoms with Gasteiger partial charge in [-0.3, -0.25) is 9.88 Å². The fraction of sp³-hybridized carbons (Fsp3) is 0.240. The van der Waals surface area contributed by atoms with Crippen LogP contribution in [0.1, 0.15) is 31.9 Å². The van der Waals surface area contributed by atoms with E-state index in [1.807, 2.05) is 30.3 Å². The Morgan fingerprint density at radius 2 is 1.79 bits per heavy atom. The molecule has 178 valence electrons. The monoisotopic (exact) mass is 528 g/mol. The molecule has 0 spiro atoms. The lowest BCUT2D eigenvalue weighted by molar-refractivity contribution is -0.136. The molecular weight excluding hydrogens is 504 g/mol. The first kappa shape index (κ1) is 25.0. The average Bonchev–Trinajstić information content (AvgIpc) is 3.13. The lowest BCUT2D eigenvalue weighted by Crippen LogP contribution is -2.34. The molecule has 0 radical (unpaired) electrons. The molecule has 1 N–H and O–H groups in total. The fourth-order valence-corrected chi connectivity index (χ4v) is 3.46. The summed E-state index contributed by atoms with van der Waals surface area (Å²) in [4.78, 5) is 37.5. The van der Waals surface area contributed by atoms with Gasteiger partial charge in [0.2, 0.25) is 0 Å². The van der Waals surface area contributed by atoms with Gasteiger partial charge in [0.1, 0.15) is 17.9 Å². The molecule has 9 heteroatoms. The van der Waals surface area contributed by atoms with E-state index in [0.29, 0.717) is 16.5 Å². The van der Waals surface area contributed by atoms with Crippen LogP contribution in [0.2, 0.25) is 0 Å². The molecule has 0 saturated heterocycles. The van der Waals surface area contributed by atoms with Gasteiger partial charge in [-0.2, -0.15) is 0 Å². The quantitative estimate of drug-likeness (QED) is 0.262. The van der Waals surface area contributed by atoms with Crippen molar-refractivity contribution in [3.05, 3.63) is 76.0 Å². The largest absolute Gasteiger partial charge is 0.464 e. The standard InChI is InChI=1S/C25H25BrN2O6/c1-25(2,3)34-23(30)27-20(22(29)32-4)12-17-14-28(21-13-18(26)10-11-19(17)21)24(31)33-15-16-8-6-5-7-9-16/h5-14H,15H2,1-4H3,(H,27,30)/b20-12-. The number of carbonyl (C=O) groups is 3. The number of alkyl carbamates (subject to hydrolysis) is 1. The minimum Gasteiger partial charge on any atom is -0.464 e. The highest BCUT2D eigenvalue weighted by Gasteiger charge is 2.21. The van der Waals surface area contributed by atoms with Crippen molar-refractivity contribution < 1.29 is 28.6 Å². The SMILES string of the molecule is COC(=O)/C(=C/c1cn(C(=O)OCc2ccccc2)c2cc(Br)ccc12)NC(=O)OC(C)(C)C. The highest BCUT2D eigenvalue weighted by atomic mass is 79.9. The number of hydrogen-bond donors (Lipinski definition) is 1. The fourth-order valence-electron chi connectivity index (χ4n) is 3.11. The van der Waals surface area contributed by atoms with Crippen molar-refractivity contribution in [2.45, 2.75) is 33.0 Å². The van der Waals surface area contributed by atoms with Crippen molar-refractivity contribution in [3.63, 3.8) is 0 Å². The van der Waals surface area contributed by atoms with Crippen LogP contribution >= 0.6 is 15.9 Å². The minimum atomic E-state index is -0.807. The molecule has 0 bridgehead atoms. The van der Waals surface area contributed by atoms with E-state index in [0.717, 1.165) is 10.0 Å². The van der Waals surface area contributed by atoms with Gasteiger partial charge < -0.3 is 14.2 Å². The second-order valence-corrected chi connectivity index (χ2v) is 9.25. The predicted molar refractivity (Wildman–Crippen MR) is 131 cm³/mol. The van der Waals surface area contributed by atoms with Gasteiger partial charge in [0.05, 0.1) is 12.6 Å². The molecular formula is C25H25BrN2O6. The molecule has 1 aromatic heterocycles. The summed E-state index contributed by atoms with van der Waals surface area (Å²) in [6.07, 6.45) is 1.56. The lowest BCUT2D eigenvalue weighted by Gasteiger charge is -2.20. The Kier molecular flexibility index (Phi) is 7.78. The number of carbonyl (C=O) groups excluding carboxylic acids is 3. The van der Waals surface area contributed by atoms with Crippen molar-refractivity contribution in [1.29, 1.82) is 0 Å². The van der Waals surface area contributed by atoms with E-state index in [9.17, 15) is 14.4 Å². The first-order valence-electron chi connectivity index (χ1n) is 10.4. The van der Waals surface area contributed by atoms with Crippen LogP contribution in [-0.2, 0) is 25.6 Å². The van der Waals surface area contributed by atoms with Crippen molar-refractivity contribution in [2.75, 3.05) is 7.11 Å². The molecule has 0 saturated carbocycles. The smallest absolute Gasteiger partial charge is 0.418 e. The number of amides is 1. The summed E-state index contributed by atoms with van der Waals surface area (Å²) < 4.78 is 17.6. The lowest BCUT2D eigenvalue weighted by atomic mass is 10.1. The summed E-state index contributed by atoms with van der Waals surface area (Å²) in [6.45, 7) is 5.23. The van der Waals surface area contributed by atoms with Crippen LogP contribution in [0.5, 0.6) is 0 Å². The van der Waals surface area contributed by atoms with Gasteiger partial charge in [0.15, 0.2) is 0 Å². The number of ether oxygens (including phenoxy) is 3. The molecule has 1 heterocycles. The van der Waals surface area contributed by atoms with E-state index < -0.39 is 23.8 Å². The van der Waals surface area contributed by atoms with Crippen LogP contribution in [0.15, 0.2) is 64.9 Å². The van der Waals surface area contributed by atoms with Gasteiger partial charge in [0, 0.05) is 21.6 Å². The van der Waals surface area contributed by atoms with Crippen LogP contribution in [0.4, 0.5) is 9.59 Å². The molecule has 8 nitrogen and oxygen atoms in total. The zero-order valence-electron chi connectivity index (χ0n) is 19.3. The molecule has 3 aromatic rings. The maximum absolute atomic E-state index is 12.9. The number of rotatable bonds is 5. The molecule has 2 aromatic carbocycles. The third kappa shape index (κ3) is 6.48. The van der Waals surface area contributed by atoms with Crippen molar-refractivity contribution in [2.24, 2.45) is 0 Å². The summed E-state index contributed by atoms with van der Waals surface area (Å²) in [5.74, 6) is -0.768. The number of nitrogens with zero attached hydrogens (tertiary/aromatic N) is 1. The number of benzene rings is 2. The molecule has 1 amide bonds. The molecule has 34 heavy (non-hydrogen) atoms. The molecule has 0 unspecified atom stereocenters. The van der Waals surface area contributed by atoms with E-state index in [1.165, 1.54) is 23.9 Å². The number of halogens is 1. The summed E-state index contributed by atoms with van der Waals surface area (Å²) in [6, 6.07) is 14.7. The van der Waals surface area contributed by atoms with Crippen LogP contribution in [0, 0.1) is 0 Å². The molecule has 0 fully saturated rings. The second-order valence-electron chi connectivity index (χ2n) is 8.33. The predicted octanol–water partition coefficient (Wildman–Crippen LogP) is 5.63. The first-order valence-corrected chi connectivity index (χ1v) is 11.2. The van der Waals surface area contributed by atoms with E-state index in [4.69, 9.17) is 14.2 Å². The number of aromatic nitrogens is 1. The van der Waals surface area contributed by atoms with E-state index in [1.54, 1.807) is 39.0 Å². The summed E-state index contributed by atoms with van der Waals surface area (Å²) in [5, 5.41) is 3.08. The van der Waals surface area contributed by atoms with Crippen molar-refractivity contribution in [3.8, 4) is 0 Å². The topological polar surface area (TPSA) is 95.9 Å². The Hall–Kier alpha value is -3.59. The zero-order valence-corrected chi connectivity index (χ0v) is 20.8. The number of esters is 1. The zero-order chi connectivity index (χ0) is 24.9. The minimum absolute atomic E-state index is 0.103. The van der Waals surface area contributed by atoms with Gasteiger partial charge in [0.25, 0.3) is 0 Å². The third-order valence-corrected chi connectivity index (χ3v) is 5.03. The van der Waals surface area contributed by atoms with Crippen LogP contribution in [0.25, 0.3) is 17.0 Å². The maximum Gasteiger partial charge on any atom is 0.418 e. The van der Waals surface area contributed by atoms with E-state index >= 15 is 0 Å². The van der Waals surface area contributed by atoms with Gasteiger partial charge in [-0.15, -0.1) is 0 Å². The van der Waals surface area contributed by atoms with Gasteiger partial charge in [-0.25, -0.2) is 14.4 Å². The summed E-state index contributed by atoms with van der Waals surface area (Å²) in [5.41, 5.74) is 1.01. The molecule has 0 aliphatic carbocycles. The third-order valence-electron chi connectivity index (χ3n) is 4.54. The Labute approximate surface area is 205 Å². The van der Waals surface area contributed by atoms with Crippen molar-refractivity contribution >= 4 is 51.1 Å². The Balaban J connectivity index is 1.97. The van der Waals surface area contributed by atoms with Crippen LogP contribution in [0.3, 0.4) is 0 Å².